The van der Waals surface area contributed by atoms with Crippen LogP contribution in [-0.2, 0) is 6.42 Å². The first-order valence-corrected chi connectivity index (χ1v) is 6.93. The highest BCUT2D eigenvalue weighted by Crippen LogP contribution is 2.31. The lowest BCUT2D eigenvalue weighted by Gasteiger charge is -2.16. The summed E-state index contributed by atoms with van der Waals surface area (Å²) in [5.74, 6) is 5.41. The van der Waals surface area contributed by atoms with Crippen LogP contribution in [0.3, 0.4) is 0 Å². The number of hydrogen-bond donors (Lipinski definition) is 2. The largest absolute Gasteiger partial charge is 0.494 e. The lowest BCUT2D eigenvalue weighted by atomic mass is 10.0. The highest BCUT2D eigenvalue weighted by atomic mass is 35.5. The Labute approximate surface area is 120 Å². The average Bonchev–Trinajstić information content (AvgIpc) is 2.84. The molecule has 19 heavy (non-hydrogen) atoms. The van der Waals surface area contributed by atoms with Crippen LogP contribution >= 0.6 is 22.9 Å². The predicted octanol–water partition coefficient (Wildman–Crippen LogP) is 3.30. The maximum Gasteiger partial charge on any atom is 0.168 e. The molecule has 1 aromatic heterocycles. The maximum atomic E-state index is 14.1. The third kappa shape index (κ3) is 3.06. The minimum absolute atomic E-state index is 0.227. The molecule has 102 valence electrons. The molecule has 0 aliphatic rings. The molecule has 1 heterocycles. The first-order valence-electron chi connectivity index (χ1n) is 5.67. The average molecular weight is 301 g/mol. The Kier molecular flexibility index (Phi) is 4.76. The van der Waals surface area contributed by atoms with Crippen molar-refractivity contribution in [3.8, 4) is 5.75 Å². The SMILES string of the molecule is COc1cccc(CC(NN)c2sccc2Cl)c1F. The van der Waals surface area contributed by atoms with Crippen molar-refractivity contribution in [1.82, 2.24) is 5.43 Å². The zero-order valence-electron chi connectivity index (χ0n) is 10.3. The lowest BCUT2D eigenvalue weighted by Crippen LogP contribution is -2.29. The van der Waals surface area contributed by atoms with Gasteiger partial charge in [-0.2, -0.15) is 0 Å². The first kappa shape index (κ1) is 14.3. The fraction of sp³-hybridized carbons (Fsp3) is 0.231. The van der Waals surface area contributed by atoms with Gasteiger partial charge < -0.3 is 4.74 Å². The van der Waals surface area contributed by atoms with Crippen LogP contribution in [0, 0.1) is 5.82 Å². The van der Waals surface area contributed by atoms with Gasteiger partial charge in [-0.1, -0.05) is 23.7 Å². The number of methoxy groups -OCH3 is 1. The Morgan fingerprint density at radius 1 is 1.47 bits per heavy atom. The number of rotatable bonds is 5. The van der Waals surface area contributed by atoms with E-state index in [1.165, 1.54) is 18.4 Å². The van der Waals surface area contributed by atoms with Crippen LogP contribution in [-0.4, -0.2) is 7.11 Å². The minimum atomic E-state index is -0.363. The zero-order chi connectivity index (χ0) is 13.8. The molecule has 0 bridgehead atoms. The van der Waals surface area contributed by atoms with Gasteiger partial charge in [-0.3, -0.25) is 11.3 Å². The lowest BCUT2D eigenvalue weighted by molar-refractivity contribution is 0.382. The minimum Gasteiger partial charge on any atom is -0.494 e. The number of hydrazine groups is 1. The van der Waals surface area contributed by atoms with Gasteiger partial charge in [0.1, 0.15) is 0 Å². The summed E-state index contributed by atoms with van der Waals surface area (Å²) >= 11 is 7.56. The van der Waals surface area contributed by atoms with Crippen molar-refractivity contribution in [2.24, 2.45) is 5.84 Å². The second-order valence-electron chi connectivity index (χ2n) is 3.99. The van der Waals surface area contributed by atoms with E-state index in [4.69, 9.17) is 22.2 Å². The molecule has 0 saturated carbocycles. The van der Waals surface area contributed by atoms with Crippen molar-refractivity contribution in [3.63, 3.8) is 0 Å². The van der Waals surface area contributed by atoms with Gasteiger partial charge in [-0.25, -0.2) is 4.39 Å². The quantitative estimate of drug-likeness (QED) is 0.658. The molecule has 3 N–H and O–H groups in total. The van der Waals surface area contributed by atoms with E-state index in [1.54, 1.807) is 24.3 Å². The third-order valence-electron chi connectivity index (χ3n) is 2.85. The topological polar surface area (TPSA) is 47.3 Å². The Morgan fingerprint density at radius 3 is 2.84 bits per heavy atom. The Hall–Kier alpha value is -1.14. The van der Waals surface area contributed by atoms with E-state index in [1.807, 2.05) is 5.38 Å². The summed E-state index contributed by atoms with van der Waals surface area (Å²) in [4.78, 5) is 0.895. The van der Waals surface area contributed by atoms with Crippen molar-refractivity contribution in [2.75, 3.05) is 7.11 Å². The molecule has 3 nitrogen and oxygen atoms in total. The molecule has 0 aliphatic heterocycles. The summed E-state index contributed by atoms with van der Waals surface area (Å²) in [7, 11) is 1.44. The molecule has 2 rings (SSSR count). The van der Waals surface area contributed by atoms with Crippen molar-refractivity contribution in [2.45, 2.75) is 12.5 Å². The Balaban J connectivity index is 2.27. The van der Waals surface area contributed by atoms with Gasteiger partial charge in [-0.05, 0) is 29.5 Å². The highest BCUT2D eigenvalue weighted by molar-refractivity contribution is 7.10. The Bertz CT molecular complexity index is 561. The number of nitrogens with one attached hydrogen (secondary N) is 1. The molecular formula is C13H14ClFN2OS. The number of ether oxygens (including phenoxy) is 1. The predicted molar refractivity (Wildman–Crippen MR) is 76.0 cm³/mol. The fourth-order valence-electron chi connectivity index (χ4n) is 1.87. The second kappa shape index (κ2) is 6.34. The summed E-state index contributed by atoms with van der Waals surface area (Å²) in [6.07, 6.45) is 0.403. The van der Waals surface area contributed by atoms with Gasteiger partial charge in [0.25, 0.3) is 0 Å². The van der Waals surface area contributed by atoms with Crippen LogP contribution in [0.2, 0.25) is 5.02 Å². The normalized spacial score (nSPS) is 12.4. The standard InChI is InChI=1S/C13H14ClFN2OS/c1-18-11-4-2-3-8(12(11)15)7-10(17-16)13-9(14)5-6-19-13/h2-6,10,17H,7,16H2,1H3. The zero-order valence-corrected chi connectivity index (χ0v) is 11.9. The molecule has 1 aromatic carbocycles. The van der Waals surface area contributed by atoms with Crippen molar-refractivity contribution >= 4 is 22.9 Å². The van der Waals surface area contributed by atoms with Crippen molar-refractivity contribution < 1.29 is 9.13 Å². The van der Waals surface area contributed by atoms with E-state index in [9.17, 15) is 4.39 Å². The molecule has 0 aliphatic carbocycles. The van der Waals surface area contributed by atoms with Crippen LogP contribution in [0.25, 0.3) is 0 Å². The molecule has 1 unspecified atom stereocenters. The van der Waals surface area contributed by atoms with Gasteiger partial charge in [0.15, 0.2) is 11.6 Å². The van der Waals surface area contributed by atoms with E-state index in [0.29, 0.717) is 17.0 Å². The monoisotopic (exact) mass is 300 g/mol. The first-order chi connectivity index (χ1) is 9.17. The van der Waals surface area contributed by atoms with Gasteiger partial charge in [-0.15, -0.1) is 11.3 Å². The molecule has 0 saturated heterocycles. The number of hydrogen-bond acceptors (Lipinski definition) is 4. The molecule has 0 radical (unpaired) electrons. The molecule has 0 spiro atoms. The van der Waals surface area contributed by atoms with Crippen molar-refractivity contribution in [1.29, 1.82) is 0 Å². The Morgan fingerprint density at radius 2 is 2.26 bits per heavy atom. The van der Waals surface area contributed by atoms with Crippen LogP contribution in [0.1, 0.15) is 16.5 Å². The molecule has 0 amide bonds. The molecule has 0 fully saturated rings. The van der Waals surface area contributed by atoms with Crippen molar-refractivity contribution in [3.05, 3.63) is 50.9 Å². The molecular weight excluding hydrogens is 287 g/mol. The maximum absolute atomic E-state index is 14.1. The third-order valence-corrected chi connectivity index (χ3v) is 4.32. The van der Waals surface area contributed by atoms with E-state index < -0.39 is 0 Å². The van der Waals surface area contributed by atoms with E-state index in [0.717, 1.165) is 4.88 Å². The number of halogens is 2. The highest BCUT2D eigenvalue weighted by Gasteiger charge is 2.18. The summed E-state index contributed by atoms with van der Waals surface area (Å²) in [5, 5.41) is 2.51. The molecule has 2 aromatic rings. The van der Waals surface area contributed by atoms with Gasteiger partial charge in [0.2, 0.25) is 0 Å². The van der Waals surface area contributed by atoms with Crippen LogP contribution in [0.15, 0.2) is 29.6 Å². The van der Waals surface area contributed by atoms with E-state index in [-0.39, 0.29) is 17.6 Å². The summed E-state index contributed by atoms with van der Waals surface area (Å²) in [6.45, 7) is 0. The summed E-state index contributed by atoms with van der Waals surface area (Å²) in [6, 6.07) is 6.62. The van der Waals surface area contributed by atoms with E-state index >= 15 is 0 Å². The van der Waals surface area contributed by atoms with E-state index in [2.05, 4.69) is 5.43 Å². The summed E-state index contributed by atoms with van der Waals surface area (Å²) < 4.78 is 19.1. The van der Waals surface area contributed by atoms with Crippen LogP contribution < -0.4 is 16.0 Å². The van der Waals surface area contributed by atoms with Gasteiger partial charge in [0, 0.05) is 4.88 Å². The number of thiophene rings is 1. The molecule has 1 atom stereocenters. The van der Waals surface area contributed by atoms with Crippen LogP contribution in [0.4, 0.5) is 4.39 Å². The molecule has 6 heteroatoms. The number of benzene rings is 1. The van der Waals surface area contributed by atoms with Gasteiger partial charge >= 0.3 is 0 Å². The van der Waals surface area contributed by atoms with Crippen LogP contribution in [0.5, 0.6) is 5.75 Å². The smallest absolute Gasteiger partial charge is 0.168 e. The van der Waals surface area contributed by atoms with Gasteiger partial charge in [0.05, 0.1) is 18.2 Å². The fourth-order valence-corrected chi connectivity index (χ4v) is 3.12. The summed E-state index contributed by atoms with van der Waals surface area (Å²) in [5.41, 5.74) is 3.21. The second-order valence-corrected chi connectivity index (χ2v) is 5.34. The number of nitrogens with two attached hydrogens (primary N) is 1.